The fraction of sp³-hybridized carbons (Fsp3) is 0.462. The van der Waals surface area contributed by atoms with Crippen molar-refractivity contribution < 1.29 is 9.90 Å². The van der Waals surface area contributed by atoms with Gasteiger partial charge in [-0.1, -0.05) is 30.3 Å². The summed E-state index contributed by atoms with van der Waals surface area (Å²) in [6.07, 6.45) is 0.610. The third-order valence-corrected chi connectivity index (χ3v) is 2.94. The van der Waals surface area contributed by atoms with Gasteiger partial charge in [0.05, 0.1) is 5.41 Å². The quantitative estimate of drug-likeness (QED) is 0.826. The highest BCUT2D eigenvalue weighted by molar-refractivity contribution is 5.80. The van der Waals surface area contributed by atoms with Crippen molar-refractivity contribution in [1.29, 1.82) is 0 Å². The molecule has 3 heteroatoms. The molecule has 0 saturated carbocycles. The summed E-state index contributed by atoms with van der Waals surface area (Å²) in [5.74, 6) is -0.763. The Kier molecular flexibility index (Phi) is 4.07. The average molecular weight is 221 g/mol. The zero-order valence-corrected chi connectivity index (χ0v) is 10.1. The van der Waals surface area contributed by atoms with Crippen LogP contribution in [-0.4, -0.2) is 36.6 Å². The predicted octanol–water partition coefficient (Wildman–Crippen LogP) is 1.98. The largest absolute Gasteiger partial charge is 0.481 e. The van der Waals surface area contributed by atoms with Crippen LogP contribution in [0.5, 0.6) is 0 Å². The molecule has 0 amide bonds. The summed E-state index contributed by atoms with van der Waals surface area (Å²) in [5.41, 5.74) is 0.0651. The third kappa shape index (κ3) is 2.83. The summed E-state index contributed by atoms with van der Waals surface area (Å²) < 4.78 is 0. The van der Waals surface area contributed by atoms with Crippen LogP contribution in [0.3, 0.4) is 0 Å². The number of rotatable bonds is 5. The van der Waals surface area contributed by atoms with Crippen LogP contribution in [0.25, 0.3) is 0 Å². The van der Waals surface area contributed by atoms with Gasteiger partial charge in [0.2, 0.25) is 0 Å². The molecular weight excluding hydrogens is 202 g/mol. The molecule has 0 radical (unpaired) electrons. The van der Waals surface area contributed by atoms with Gasteiger partial charge < -0.3 is 10.0 Å². The Bertz CT molecular complexity index is 348. The number of nitrogens with zero attached hydrogens (tertiary/aromatic N) is 1. The molecule has 0 aliphatic rings. The van der Waals surface area contributed by atoms with E-state index in [4.69, 9.17) is 0 Å². The molecule has 1 N–H and O–H groups in total. The number of aliphatic carboxylic acids is 1. The Hall–Kier alpha value is -1.35. The molecule has 0 fully saturated rings. The number of benzene rings is 1. The lowest BCUT2D eigenvalue weighted by molar-refractivity contribution is -0.143. The first-order valence-electron chi connectivity index (χ1n) is 5.40. The van der Waals surface area contributed by atoms with Crippen LogP contribution in [0.15, 0.2) is 30.3 Å². The molecule has 1 aromatic rings. The van der Waals surface area contributed by atoms with Gasteiger partial charge in [-0.15, -0.1) is 0 Å². The Labute approximate surface area is 96.7 Å². The molecule has 1 rings (SSSR count). The number of carboxylic acids is 1. The zero-order valence-electron chi connectivity index (χ0n) is 10.1. The van der Waals surface area contributed by atoms with Crippen molar-refractivity contribution in [3.8, 4) is 0 Å². The van der Waals surface area contributed by atoms with Crippen molar-refractivity contribution in [2.24, 2.45) is 0 Å². The fourth-order valence-corrected chi connectivity index (χ4v) is 1.63. The summed E-state index contributed by atoms with van der Waals surface area (Å²) in [6, 6.07) is 9.42. The maximum Gasteiger partial charge on any atom is 0.313 e. The lowest BCUT2D eigenvalue weighted by atomic mass is 9.79. The highest BCUT2D eigenvalue weighted by atomic mass is 16.4. The van der Waals surface area contributed by atoms with E-state index < -0.39 is 11.4 Å². The van der Waals surface area contributed by atoms with E-state index in [0.29, 0.717) is 6.42 Å². The highest BCUT2D eigenvalue weighted by Crippen LogP contribution is 2.27. The van der Waals surface area contributed by atoms with Gasteiger partial charge in [0.15, 0.2) is 0 Å². The van der Waals surface area contributed by atoms with Gasteiger partial charge >= 0.3 is 5.97 Å². The van der Waals surface area contributed by atoms with E-state index in [9.17, 15) is 9.90 Å². The maximum atomic E-state index is 11.4. The minimum Gasteiger partial charge on any atom is -0.481 e. The molecule has 1 aromatic carbocycles. The Balaban J connectivity index is 2.93. The molecule has 0 aliphatic heterocycles. The first-order chi connectivity index (χ1) is 7.47. The van der Waals surface area contributed by atoms with Crippen LogP contribution < -0.4 is 0 Å². The smallest absolute Gasteiger partial charge is 0.313 e. The van der Waals surface area contributed by atoms with Gasteiger partial charge in [-0.25, -0.2) is 0 Å². The molecule has 0 spiro atoms. The Morgan fingerprint density at radius 3 is 2.31 bits per heavy atom. The normalized spacial score (nSPS) is 14.8. The van der Waals surface area contributed by atoms with Crippen LogP contribution in [0.1, 0.15) is 18.9 Å². The van der Waals surface area contributed by atoms with Crippen molar-refractivity contribution in [1.82, 2.24) is 4.90 Å². The topological polar surface area (TPSA) is 40.5 Å². The molecule has 0 aromatic heterocycles. The van der Waals surface area contributed by atoms with E-state index in [1.165, 1.54) is 0 Å². The fourth-order valence-electron chi connectivity index (χ4n) is 1.63. The van der Waals surface area contributed by atoms with Crippen LogP contribution in [0, 0.1) is 0 Å². The third-order valence-electron chi connectivity index (χ3n) is 2.94. The van der Waals surface area contributed by atoms with Crippen molar-refractivity contribution in [2.45, 2.75) is 18.8 Å². The van der Waals surface area contributed by atoms with E-state index in [0.717, 1.165) is 12.1 Å². The van der Waals surface area contributed by atoms with E-state index in [1.807, 2.05) is 49.3 Å². The second-order valence-electron chi connectivity index (χ2n) is 4.56. The molecule has 1 unspecified atom stereocenters. The minimum atomic E-state index is -0.800. The maximum absolute atomic E-state index is 11.4. The second kappa shape index (κ2) is 5.12. The van der Waals surface area contributed by atoms with E-state index in [-0.39, 0.29) is 0 Å². The average Bonchev–Trinajstić information content (AvgIpc) is 2.26. The number of carbonyl (C=O) groups is 1. The van der Waals surface area contributed by atoms with Crippen molar-refractivity contribution in [3.63, 3.8) is 0 Å². The minimum absolute atomic E-state index is 0.610. The second-order valence-corrected chi connectivity index (χ2v) is 4.56. The SMILES string of the molecule is CN(C)CCC(C)(C(=O)O)c1ccccc1. The van der Waals surface area contributed by atoms with E-state index in [2.05, 4.69) is 0 Å². The standard InChI is InChI=1S/C13H19NO2/c1-13(12(15)16,9-10-14(2)3)11-7-5-4-6-8-11/h4-8H,9-10H2,1-3H3,(H,15,16). The summed E-state index contributed by atoms with van der Waals surface area (Å²) in [5, 5.41) is 9.38. The van der Waals surface area contributed by atoms with Crippen molar-refractivity contribution in [3.05, 3.63) is 35.9 Å². The molecule has 16 heavy (non-hydrogen) atoms. The van der Waals surface area contributed by atoms with E-state index in [1.54, 1.807) is 6.92 Å². The van der Waals surface area contributed by atoms with Gasteiger partial charge in [-0.05, 0) is 39.5 Å². The molecule has 88 valence electrons. The van der Waals surface area contributed by atoms with Crippen LogP contribution in [-0.2, 0) is 10.2 Å². The highest BCUT2D eigenvalue weighted by Gasteiger charge is 2.34. The van der Waals surface area contributed by atoms with Gasteiger partial charge in [0.25, 0.3) is 0 Å². The van der Waals surface area contributed by atoms with Crippen molar-refractivity contribution >= 4 is 5.97 Å². The molecule has 0 aliphatic carbocycles. The lowest BCUT2D eigenvalue weighted by Gasteiger charge is -2.26. The Morgan fingerprint density at radius 1 is 1.31 bits per heavy atom. The van der Waals surface area contributed by atoms with Gasteiger partial charge in [0, 0.05) is 0 Å². The molecule has 0 saturated heterocycles. The van der Waals surface area contributed by atoms with E-state index >= 15 is 0 Å². The molecule has 0 bridgehead atoms. The first kappa shape index (κ1) is 12.7. The summed E-state index contributed by atoms with van der Waals surface area (Å²) in [6.45, 7) is 2.55. The summed E-state index contributed by atoms with van der Waals surface area (Å²) >= 11 is 0. The summed E-state index contributed by atoms with van der Waals surface area (Å²) in [7, 11) is 3.90. The van der Waals surface area contributed by atoms with Gasteiger partial charge in [-0.3, -0.25) is 4.79 Å². The number of hydrogen-bond acceptors (Lipinski definition) is 2. The molecular formula is C13H19NO2. The zero-order chi connectivity index (χ0) is 12.2. The van der Waals surface area contributed by atoms with Crippen LogP contribution in [0.2, 0.25) is 0 Å². The van der Waals surface area contributed by atoms with Crippen molar-refractivity contribution in [2.75, 3.05) is 20.6 Å². The summed E-state index contributed by atoms with van der Waals surface area (Å²) in [4.78, 5) is 13.4. The molecule has 0 heterocycles. The van der Waals surface area contributed by atoms with Crippen LogP contribution in [0.4, 0.5) is 0 Å². The van der Waals surface area contributed by atoms with Crippen LogP contribution >= 0.6 is 0 Å². The predicted molar refractivity (Wildman–Crippen MR) is 64.6 cm³/mol. The molecule has 3 nitrogen and oxygen atoms in total. The monoisotopic (exact) mass is 221 g/mol. The van der Waals surface area contributed by atoms with Gasteiger partial charge in [0.1, 0.15) is 0 Å². The number of hydrogen-bond donors (Lipinski definition) is 1. The number of carboxylic acid groups (broad SMARTS) is 1. The molecule has 1 atom stereocenters. The van der Waals surface area contributed by atoms with Gasteiger partial charge in [-0.2, -0.15) is 0 Å². The lowest BCUT2D eigenvalue weighted by Crippen LogP contribution is -2.35. The first-order valence-corrected chi connectivity index (χ1v) is 5.40. The Morgan fingerprint density at radius 2 is 1.88 bits per heavy atom.